The molecule has 0 bridgehead atoms. The summed E-state index contributed by atoms with van der Waals surface area (Å²) >= 11 is 0. The predicted octanol–water partition coefficient (Wildman–Crippen LogP) is 3.18. The largest absolute Gasteiger partial charge is 0.378 e. The monoisotopic (exact) mass is 311 g/mol. The van der Waals surface area contributed by atoms with Gasteiger partial charge in [0.1, 0.15) is 0 Å². The van der Waals surface area contributed by atoms with Gasteiger partial charge in [0.05, 0.1) is 0 Å². The zero-order chi connectivity index (χ0) is 16.5. The second kappa shape index (κ2) is 8.83. The molecule has 0 aliphatic rings. The first-order chi connectivity index (χ1) is 11.1. The van der Waals surface area contributed by atoms with Gasteiger partial charge in [0.2, 0.25) is 0 Å². The number of rotatable bonds is 7. The van der Waals surface area contributed by atoms with Gasteiger partial charge in [-0.3, -0.25) is 0 Å². The standard InChI is InChI=1S/C19H25N3O/c1-22(2)18-12-10-17(11-13-18)15-21-19(23)20-14-6-9-16-7-4-3-5-8-16/h3-5,7-8,10-13H,6,9,14-15H2,1-2H3,(H2,20,21,23). The number of carbonyl (C=O) groups excluding carboxylic acids is 1. The van der Waals surface area contributed by atoms with Gasteiger partial charge >= 0.3 is 6.03 Å². The van der Waals surface area contributed by atoms with Crippen molar-refractivity contribution in [1.29, 1.82) is 0 Å². The molecule has 0 aromatic heterocycles. The average Bonchev–Trinajstić information content (AvgIpc) is 2.58. The molecule has 0 heterocycles. The summed E-state index contributed by atoms with van der Waals surface area (Å²) in [5.41, 5.74) is 3.55. The molecule has 2 amide bonds. The topological polar surface area (TPSA) is 44.4 Å². The summed E-state index contributed by atoms with van der Waals surface area (Å²) in [6.07, 6.45) is 1.92. The summed E-state index contributed by atoms with van der Waals surface area (Å²) in [6.45, 7) is 1.22. The minimum atomic E-state index is -0.116. The van der Waals surface area contributed by atoms with Gasteiger partial charge in [-0.05, 0) is 36.1 Å². The number of benzene rings is 2. The summed E-state index contributed by atoms with van der Waals surface area (Å²) in [5, 5.41) is 5.78. The number of nitrogens with zero attached hydrogens (tertiary/aromatic N) is 1. The van der Waals surface area contributed by atoms with Crippen LogP contribution in [0.25, 0.3) is 0 Å². The molecule has 122 valence electrons. The molecule has 0 spiro atoms. The van der Waals surface area contributed by atoms with Crippen LogP contribution in [0.2, 0.25) is 0 Å². The number of amides is 2. The van der Waals surface area contributed by atoms with Crippen molar-refractivity contribution >= 4 is 11.7 Å². The average molecular weight is 311 g/mol. The Balaban J connectivity index is 1.63. The highest BCUT2D eigenvalue weighted by Gasteiger charge is 2.01. The third kappa shape index (κ3) is 6.02. The van der Waals surface area contributed by atoms with Gasteiger partial charge < -0.3 is 15.5 Å². The lowest BCUT2D eigenvalue weighted by Crippen LogP contribution is -2.35. The molecule has 0 radical (unpaired) electrons. The molecule has 0 saturated heterocycles. The maximum absolute atomic E-state index is 11.8. The fourth-order valence-corrected chi connectivity index (χ4v) is 2.30. The van der Waals surface area contributed by atoms with Crippen LogP contribution in [-0.2, 0) is 13.0 Å². The Morgan fingerprint density at radius 1 is 0.913 bits per heavy atom. The van der Waals surface area contributed by atoms with Crippen molar-refractivity contribution in [3.63, 3.8) is 0 Å². The highest BCUT2D eigenvalue weighted by Crippen LogP contribution is 2.11. The molecule has 0 fully saturated rings. The van der Waals surface area contributed by atoms with E-state index in [1.807, 2.05) is 44.4 Å². The molecule has 0 aliphatic heterocycles. The van der Waals surface area contributed by atoms with Crippen molar-refractivity contribution in [2.75, 3.05) is 25.5 Å². The van der Waals surface area contributed by atoms with E-state index < -0.39 is 0 Å². The lowest BCUT2D eigenvalue weighted by Gasteiger charge is -2.13. The van der Waals surface area contributed by atoms with Crippen molar-refractivity contribution < 1.29 is 4.79 Å². The van der Waals surface area contributed by atoms with E-state index in [1.54, 1.807) is 0 Å². The Bertz CT molecular complexity index is 594. The molecule has 23 heavy (non-hydrogen) atoms. The fraction of sp³-hybridized carbons (Fsp3) is 0.316. The van der Waals surface area contributed by atoms with Crippen LogP contribution >= 0.6 is 0 Å². The molecule has 0 unspecified atom stereocenters. The Hall–Kier alpha value is -2.49. The molecule has 2 rings (SSSR count). The van der Waals surface area contributed by atoms with Gasteiger partial charge in [-0.15, -0.1) is 0 Å². The lowest BCUT2D eigenvalue weighted by atomic mass is 10.1. The van der Waals surface area contributed by atoms with Crippen LogP contribution in [0.3, 0.4) is 0 Å². The number of carbonyl (C=O) groups is 1. The fourth-order valence-electron chi connectivity index (χ4n) is 2.30. The van der Waals surface area contributed by atoms with Crippen LogP contribution in [0.15, 0.2) is 54.6 Å². The van der Waals surface area contributed by atoms with E-state index in [0.29, 0.717) is 13.1 Å². The third-order valence-corrected chi connectivity index (χ3v) is 3.68. The number of hydrogen-bond acceptors (Lipinski definition) is 2. The highest BCUT2D eigenvalue weighted by molar-refractivity contribution is 5.73. The van der Waals surface area contributed by atoms with Crippen molar-refractivity contribution in [2.24, 2.45) is 0 Å². The van der Waals surface area contributed by atoms with Crippen LogP contribution < -0.4 is 15.5 Å². The van der Waals surface area contributed by atoms with E-state index in [4.69, 9.17) is 0 Å². The second-order valence-electron chi connectivity index (χ2n) is 5.76. The van der Waals surface area contributed by atoms with E-state index in [-0.39, 0.29) is 6.03 Å². The summed E-state index contributed by atoms with van der Waals surface area (Å²) in [4.78, 5) is 13.8. The van der Waals surface area contributed by atoms with Crippen LogP contribution in [0.1, 0.15) is 17.5 Å². The molecule has 4 nitrogen and oxygen atoms in total. The first-order valence-corrected chi connectivity index (χ1v) is 7.97. The molecular formula is C19H25N3O. The Labute approximate surface area is 138 Å². The molecule has 0 saturated carbocycles. The zero-order valence-corrected chi connectivity index (χ0v) is 13.9. The number of urea groups is 1. The SMILES string of the molecule is CN(C)c1ccc(CNC(=O)NCCCc2ccccc2)cc1. The van der Waals surface area contributed by atoms with Gasteiger partial charge in [-0.25, -0.2) is 4.79 Å². The first-order valence-electron chi connectivity index (χ1n) is 7.97. The van der Waals surface area contributed by atoms with E-state index in [0.717, 1.165) is 24.1 Å². The number of hydrogen-bond donors (Lipinski definition) is 2. The quantitative estimate of drug-likeness (QED) is 0.771. The predicted molar refractivity (Wildman–Crippen MR) is 95.8 cm³/mol. The minimum Gasteiger partial charge on any atom is -0.378 e. The Morgan fingerprint density at radius 2 is 1.61 bits per heavy atom. The minimum absolute atomic E-state index is 0.116. The number of anilines is 1. The third-order valence-electron chi connectivity index (χ3n) is 3.68. The van der Waals surface area contributed by atoms with Crippen molar-refractivity contribution in [3.8, 4) is 0 Å². The number of aryl methyl sites for hydroxylation is 1. The Kier molecular flexibility index (Phi) is 6.48. The summed E-state index contributed by atoms with van der Waals surface area (Å²) in [7, 11) is 4.02. The molecule has 2 N–H and O–H groups in total. The number of nitrogens with one attached hydrogen (secondary N) is 2. The van der Waals surface area contributed by atoms with Gasteiger partial charge in [0.25, 0.3) is 0 Å². The van der Waals surface area contributed by atoms with Crippen LogP contribution in [0, 0.1) is 0 Å². The summed E-state index contributed by atoms with van der Waals surface area (Å²) in [6, 6.07) is 18.4. The van der Waals surface area contributed by atoms with Crippen LogP contribution in [0.4, 0.5) is 10.5 Å². The summed E-state index contributed by atoms with van der Waals surface area (Å²) < 4.78 is 0. The van der Waals surface area contributed by atoms with Gasteiger partial charge in [-0.2, -0.15) is 0 Å². The second-order valence-corrected chi connectivity index (χ2v) is 5.76. The molecule has 4 heteroatoms. The zero-order valence-electron chi connectivity index (χ0n) is 13.9. The highest BCUT2D eigenvalue weighted by atomic mass is 16.2. The molecule has 0 aliphatic carbocycles. The van der Waals surface area contributed by atoms with E-state index in [2.05, 4.69) is 39.8 Å². The first kappa shape index (κ1) is 16.9. The lowest BCUT2D eigenvalue weighted by molar-refractivity contribution is 0.240. The van der Waals surface area contributed by atoms with Crippen molar-refractivity contribution in [1.82, 2.24) is 10.6 Å². The molecule has 0 atom stereocenters. The van der Waals surface area contributed by atoms with E-state index >= 15 is 0 Å². The van der Waals surface area contributed by atoms with Crippen LogP contribution in [-0.4, -0.2) is 26.7 Å². The van der Waals surface area contributed by atoms with Crippen LogP contribution in [0.5, 0.6) is 0 Å². The van der Waals surface area contributed by atoms with Gasteiger partial charge in [0.15, 0.2) is 0 Å². The Morgan fingerprint density at radius 3 is 2.26 bits per heavy atom. The van der Waals surface area contributed by atoms with Crippen molar-refractivity contribution in [3.05, 3.63) is 65.7 Å². The van der Waals surface area contributed by atoms with Crippen molar-refractivity contribution in [2.45, 2.75) is 19.4 Å². The smallest absolute Gasteiger partial charge is 0.315 e. The molecular weight excluding hydrogens is 286 g/mol. The van der Waals surface area contributed by atoms with Gasteiger partial charge in [-0.1, -0.05) is 42.5 Å². The maximum Gasteiger partial charge on any atom is 0.315 e. The maximum atomic E-state index is 11.8. The molecule has 2 aromatic rings. The normalized spacial score (nSPS) is 10.2. The van der Waals surface area contributed by atoms with E-state index in [9.17, 15) is 4.79 Å². The summed E-state index contributed by atoms with van der Waals surface area (Å²) in [5.74, 6) is 0. The van der Waals surface area contributed by atoms with E-state index in [1.165, 1.54) is 5.56 Å². The molecule has 2 aromatic carbocycles. The van der Waals surface area contributed by atoms with Gasteiger partial charge in [0, 0.05) is 32.9 Å².